The third-order valence-corrected chi connectivity index (χ3v) is 3.00. The number of nitrogens with two attached hydrogens (primary N) is 1. The number of aromatic nitrogens is 2. The number of nitrogens with one attached hydrogen (secondary N) is 1. The smallest absolute Gasteiger partial charge is 0.271 e. The lowest BCUT2D eigenvalue weighted by Crippen LogP contribution is -2.36. The first-order chi connectivity index (χ1) is 9.49. The molecule has 0 aromatic carbocycles. The molecule has 114 valence electrons. The number of hydrogen-bond donors (Lipinski definition) is 2. The van der Waals surface area contributed by atoms with Gasteiger partial charge in [-0.05, 0) is 13.1 Å². The fourth-order valence-corrected chi connectivity index (χ4v) is 1.87. The molecule has 0 aliphatic heterocycles. The maximum Gasteiger partial charge on any atom is 0.271 e. The predicted molar refractivity (Wildman–Crippen MR) is 72.8 cm³/mol. The molecule has 0 atom stereocenters. The second-order valence-corrected chi connectivity index (χ2v) is 4.30. The number of alkyl halides is 2. The van der Waals surface area contributed by atoms with Gasteiger partial charge in [-0.25, -0.2) is 8.78 Å². The van der Waals surface area contributed by atoms with E-state index in [1.165, 1.54) is 6.20 Å². The average Bonchev–Trinajstić information content (AvgIpc) is 2.75. The van der Waals surface area contributed by atoms with Crippen molar-refractivity contribution in [3.05, 3.63) is 11.9 Å². The highest BCUT2D eigenvalue weighted by atomic mass is 19.3. The zero-order valence-electron chi connectivity index (χ0n) is 11.8. The molecular formula is C12H21F2N5O. The van der Waals surface area contributed by atoms with Crippen LogP contribution in [0.3, 0.4) is 0 Å². The zero-order valence-corrected chi connectivity index (χ0v) is 11.8. The van der Waals surface area contributed by atoms with Gasteiger partial charge < -0.3 is 16.0 Å². The normalized spacial score (nSPS) is 11.3. The predicted octanol–water partition coefficient (Wildman–Crippen LogP) is 0.802. The topological polar surface area (TPSA) is 76.2 Å². The number of nitrogens with zero attached hydrogens (tertiary/aromatic N) is 3. The van der Waals surface area contributed by atoms with E-state index in [1.54, 1.807) is 0 Å². The Bertz CT molecular complexity index is 431. The summed E-state index contributed by atoms with van der Waals surface area (Å²) in [6.07, 6.45) is -1.38. The summed E-state index contributed by atoms with van der Waals surface area (Å²) in [7, 11) is 0. The molecular weight excluding hydrogens is 268 g/mol. The summed E-state index contributed by atoms with van der Waals surface area (Å²) >= 11 is 0. The number of carbonyl (C=O) groups excluding carboxylic acids is 1. The Labute approximate surface area is 116 Å². The summed E-state index contributed by atoms with van der Waals surface area (Å²) < 4.78 is 25.7. The highest BCUT2D eigenvalue weighted by Crippen LogP contribution is 2.12. The van der Waals surface area contributed by atoms with Crippen LogP contribution in [0, 0.1) is 0 Å². The van der Waals surface area contributed by atoms with Gasteiger partial charge in [-0.1, -0.05) is 13.8 Å². The van der Waals surface area contributed by atoms with Gasteiger partial charge in [0.15, 0.2) is 0 Å². The molecule has 0 unspecified atom stereocenters. The molecule has 0 fully saturated rings. The van der Waals surface area contributed by atoms with Crippen LogP contribution in [0.25, 0.3) is 0 Å². The van der Waals surface area contributed by atoms with E-state index in [0.29, 0.717) is 13.1 Å². The van der Waals surface area contributed by atoms with Crippen molar-refractivity contribution in [1.82, 2.24) is 20.0 Å². The Balaban J connectivity index is 2.61. The van der Waals surface area contributed by atoms with E-state index in [2.05, 4.69) is 15.3 Å². The van der Waals surface area contributed by atoms with Crippen molar-refractivity contribution in [2.75, 3.05) is 31.9 Å². The molecule has 0 aliphatic carbocycles. The molecule has 0 radical (unpaired) electrons. The standard InChI is InChI=1S/C12H21F2N5O/c1-3-18(4-2)6-5-16-12(20)11-9(15)7-17-19(11)8-10(13)14/h7,10H,3-6,8,15H2,1-2H3,(H,16,20). The maximum absolute atomic E-state index is 12.4. The molecule has 1 aromatic heterocycles. The zero-order chi connectivity index (χ0) is 15.1. The molecule has 3 N–H and O–H groups in total. The monoisotopic (exact) mass is 289 g/mol. The van der Waals surface area contributed by atoms with Crippen molar-refractivity contribution >= 4 is 11.6 Å². The van der Waals surface area contributed by atoms with Crippen molar-refractivity contribution in [2.45, 2.75) is 26.8 Å². The SMILES string of the molecule is CCN(CC)CCNC(=O)c1c(N)cnn1CC(F)F. The van der Waals surface area contributed by atoms with Gasteiger partial charge in [-0.2, -0.15) is 5.10 Å². The fraction of sp³-hybridized carbons (Fsp3) is 0.667. The van der Waals surface area contributed by atoms with Crippen LogP contribution in [0.4, 0.5) is 14.5 Å². The lowest BCUT2D eigenvalue weighted by Gasteiger charge is -2.18. The molecule has 1 aromatic rings. The van der Waals surface area contributed by atoms with Gasteiger partial charge in [-0.15, -0.1) is 0 Å². The number of rotatable bonds is 8. The molecule has 0 aliphatic rings. The Morgan fingerprint density at radius 1 is 1.50 bits per heavy atom. The van der Waals surface area contributed by atoms with Crippen molar-refractivity contribution < 1.29 is 13.6 Å². The number of carbonyl (C=O) groups is 1. The molecule has 1 amide bonds. The van der Waals surface area contributed by atoms with E-state index in [4.69, 9.17) is 5.73 Å². The average molecular weight is 289 g/mol. The second-order valence-electron chi connectivity index (χ2n) is 4.30. The van der Waals surface area contributed by atoms with Gasteiger partial charge >= 0.3 is 0 Å². The van der Waals surface area contributed by atoms with Gasteiger partial charge in [0, 0.05) is 13.1 Å². The van der Waals surface area contributed by atoms with Crippen LogP contribution < -0.4 is 11.1 Å². The van der Waals surface area contributed by atoms with E-state index in [1.807, 2.05) is 13.8 Å². The number of anilines is 1. The van der Waals surface area contributed by atoms with E-state index in [-0.39, 0.29) is 11.4 Å². The molecule has 0 saturated heterocycles. The molecule has 0 saturated carbocycles. The summed E-state index contributed by atoms with van der Waals surface area (Å²) in [5.74, 6) is -0.479. The largest absolute Gasteiger partial charge is 0.396 e. The summed E-state index contributed by atoms with van der Waals surface area (Å²) in [6, 6.07) is 0. The van der Waals surface area contributed by atoms with Gasteiger partial charge in [-0.3, -0.25) is 9.48 Å². The highest BCUT2D eigenvalue weighted by molar-refractivity contribution is 5.97. The molecule has 0 spiro atoms. The molecule has 8 heteroatoms. The minimum Gasteiger partial charge on any atom is -0.396 e. The molecule has 1 heterocycles. The van der Waals surface area contributed by atoms with Crippen LogP contribution in [0.5, 0.6) is 0 Å². The quantitative estimate of drug-likeness (QED) is 0.742. The second kappa shape index (κ2) is 7.78. The van der Waals surface area contributed by atoms with Crippen LogP contribution in [0.15, 0.2) is 6.20 Å². The number of amides is 1. The minimum absolute atomic E-state index is 0.00940. The van der Waals surface area contributed by atoms with Crippen molar-refractivity contribution in [2.24, 2.45) is 0 Å². The van der Waals surface area contributed by atoms with Crippen LogP contribution in [0.2, 0.25) is 0 Å². The van der Waals surface area contributed by atoms with Crippen LogP contribution in [-0.2, 0) is 6.54 Å². The van der Waals surface area contributed by atoms with Crippen molar-refractivity contribution in [3.8, 4) is 0 Å². The first kappa shape index (κ1) is 16.4. The highest BCUT2D eigenvalue weighted by Gasteiger charge is 2.19. The fourth-order valence-electron chi connectivity index (χ4n) is 1.87. The van der Waals surface area contributed by atoms with E-state index in [0.717, 1.165) is 17.8 Å². The van der Waals surface area contributed by atoms with Crippen molar-refractivity contribution in [1.29, 1.82) is 0 Å². The first-order valence-corrected chi connectivity index (χ1v) is 6.59. The number of likely N-dealkylation sites (N-methyl/N-ethyl adjacent to an activating group) is 1. The van der Waals surface area contributed by atoms with Gasteiger partial charge in [0.2, 0.25) is 0 Å². The summed E-state index contributed by atoms with van der Waals surface area (Å²) in [5, 5.41) is 6.37. The maximum atomic E-state index is 12.4. The Kier molecular flexibility index (Phi) is 6.37. The van der Waals surface area contributed by atoms with Gasteiger partial charge in [0.1, 0.15) is 12.2 Å². The van der Waals surface area contributed by atoms with Crippen LogP contribution in [0.1, 0.15) is 24.3 Å². The first-order valence-electron chi connectivity index (χ1n) is 6.59. The third-order valence-electron chi connectivity index (χ3n) is 3.00. The van der Waals surface area contributed by atoms with E-state index in [9.17, 15) is 13.6 Å². The minimum atomic E-state index is -2.59. The Morgan fingerprint density at radius 2 is 2.15 bits per heavy atom. The van der Waals surface area contributed by atoms with Crippen LogP contribution >= 0.6 is 0 Å². The molecule has 20 heavy (non-hydrogen) atoms. The molecule has 1 rings (SSSR count). The Hall–Kier alpha value is -1.70. The summed E-state index contributed by atoms with van der Waals surface area (Å²) in [4.78, 5) is 14.1. The summed E-state index contributed by atoms with van der Waals surface area (Å²) in [5.41, 5.74) is 5.70. The van der Waals surface area contributed by atoms with Gasteiger partial charge in [0.05, 0.1) is 11.9 Å². The van der Waals surface area contributed by atoms with E-state index < -0.39 is 18.9 Å². The van der Waals surface area contributed by atoms with Crippen molar-refractivity contribution in [3.63, 3.8) is 0 Å². The Morgan fingerprint density at radius 3 is 2.70 bits per heavy atom. The number of hydrogen-bond acceptors (Lipinski definition) is 4. The van der Waals surface area contributed by atoms with Crippen LogP contribution in [-0.4, -0.2) is 53.2 Å². The lowest BCUT2D eigenvalue weighted by molar-refractivity contribution is 0.0920. The number of nitrogen functional groups attached to an aromatic ring is 1. The van der Waals surface area contributed by atoms with E-state index >= 15 is 0 Å². The number of halogens is 2. The summed E-state index contributed by atoms with van der Waals surface area (Å²) in [6.45, 7) is 6.31. The third kappa shape index (κ3) is 4.44. The molecule has 6 nitrogen and oxygen atoms in total. The van der Waals surface area contributed by atoms with Gasteiger partial charge in [0.25, 0.3) is 12.3 Å². The molecule has 0 bridgehead atoms. The lowest BCUT2D eigenvalue weighted by atomic mass is 10.3.